The number of rotatable bonds is 6. The molecular weight excluding hydrogens is 398 g/mol. The molecular formula is C23H29N3O3S. The summed E-state index contributed by atoms with van der Waals surface area (Å²) in [6.45, 7) is 4.31. The zero-order valence-corrected chi connectivity index (χ0v) is 18.2. The Morgan fingerprint density at radius 2 is 1.67 bits per heavy atom. The van der Waals surface area contributed by atoms with E-state index in [4.69, 9.17) is 0 Å². The number of likely N-dealkylation sites (tertiary alicyclic amines) is 1. The molecule has 160 valence electrons. The second-order valence-corrected chi connectivity index (χ2v) is 10.2. The summed E-state index contributed by atoms with van der Waals surface area (Å²) in [5.74, 6) is -0.143. The minimum Gasteiger partial charge on any atom is -0.348 e. The number of carbonyl (C=O) groups is 1. The average molecular weight is 428 g/mol. The number of nitrogens with zero attached hydrogens (tertiary/aromatic N) is 2. The van der Waals surface area contributed by atoms with Crippen LogP contribution in [0.1, 0.15) is 46.3 Å². The number of fused-ring (bicyclic) bond motifs is 1. The minimum absolute atomic E-state index is 0.143. The van der Waals surface area contributed by atoms with Crippen LogP contribution in [0.15, 0.2) is 42.5 Å². The smallest absolute Gasteiger partial charge is 0.251 e. The summed E-state index contributed by atoms with van der Waals surface area (Å²) >= 11 is 0. The van der Waals surface area contributed by atoms with Gasteiger partial charge in [-0.3, -0.25) is 14.0 Å². The Bertz CT molecular complexity index is 1010. The van der Waals surface area contributed by atoms with Crippen molar-refractivity contribution in [1.82, 2.24) is 10.2 Å². The number of hydrogen-bond donors (Lipinski definition) is 1. The molecule has 30 heavy (non-hydrogen) atoms. The Hall–Kier alpha value is -2.38. The molecule has 6 nitrogen and oxygen atoms in total. The molecule has 2 aliphatic heterocycles. The van der Waals surface area contributed by atoms with Gasteiger partial charge >= 0.3 is 0 Å². The molecule has 1 saturated heterocycles. The third-order valence-electron chi connectivity index (χ3n) is 5.90. The van der Waals surface area contributed by atoms with Crippen molar-refractivity contribution < 1.29 is 13.2 Å². The Labute approximate surface area is 178 Å². The van der Waals surface area contributed by atoms with Crippen LogP contribution in [0.2, 0.25) is 0 Å². The summed E-state index contributed by atoms with van der Waals surface area (Å²) in [7, 11) is -3.30. The molecule has 2 aromatic rings. The number of aryl methyl sites for hydroxylation is 1. The van der Waals surface area contributed by atoms with E-state index in [-0.39, 0.29) is 5.91 Å². The number of hydrogen-bond acceptors (Lipinski definition) is 4. The van der Waals surface area contributed by atoms with Gasteiger partial charge in [0.2, 0.25) is 10.0 Å². The van der Waals surface area contributed by atoms with Crippen LogP contribution in [-0.4, -0.2) is 45.1 Å². The Morgan fingerprint density at radius 1 is 0.967 bits per heavy atom. The van der Waals surface area contributed by atoms with E-state index in [9.17, 15) is 13.2 Å². The first kappa shape index (κ1) is 20.9. The lowest BCUT2D eigenvalue weighted by Crippen LogP contribution is -2.34. The van der Waals surface area contributed by atoms with Crippen LogP contribution in [0.3, 0.4) is 0 Å². The number of sulfonamides is 1. The van der Waals surface area contributed by atoms with E-state index in [1.54, 1.807) is 12.1 Å². The number of anilines is 1. The SMILES string of the molecule is CS(=O)(=O)N1CCCc2cc(C(=O)NCc3ccc(CN4CCCC4)cc3)ccc21. The van der Waals surface area contributed by atoms with Gasteiger partial charge in [0.25, 0.3) is 5.91 Å². The first-order valence-corrected chi connectivity index (χ1v) is 12.4. The van der Waals surface area contributed by atoms with Gasteiger partial charge in [-0.1, -0.05) is 24.3 Å². The molecule has 0 bridgehead atoms. The normalized spacial score (nSPS) is 17.0. The Morgan fingerprint density at radius 3 is 2.37 bits per heavy atom. The minimum atomic E-state index is -3.30. The van der Waals surface area contributed by atoms with E-state index in [0.29, 0.717) is 24.3 Å². The average Bonchev–Trinajstić information content (AvgIpc) is 3.24. The molecule has 1 N–H and O–H groups in total. The van der Waals surface area contributed by atoms with E-state index in [0.717, 1.165) is 30.5 Å². The van der Waals surface area contributed by atoms with Gasteiger partial charge in [-0.05, 0) is 73.7 Å². The van der Waals surface area contributed by atoms with E-state index in [2.05, 4.69) is 34.5 Å². The summed E-state index contributed by atoms with van der Waals surface area (Å²) in [6.07, 6.45) is 5.34. The topological polar surface area (TPSA) is 69.7 Å². The fourth-order valence-electron chi connectivity index (χ4n) is 4.29. The maximum atomic E-state index is 12.6. The van der Waals surface area contributed by atoms with E-state index >= 15 is 0 Å². The van der Waals surface area contributed by atoms with Crippen molar-refractivity contribution in [3.8, 4) is 0 Å². The summed E-state index contributed by atoms with van der Waals surface area (Å²) in [4.78, 5) is 15.1. The monoisotopic (exact) mass is 427 g/mol. The lowest BCUT2D eigenvalue weighted by Gasteiger charge is -2.29. The molecule has 1 fully saturated rings. The van der Waals surface area contributed by atoms with Crippen LogP contribution in [0.5, 0.6) is 0 Å². The van der Waals surface area contributed by atoms with E-state index in [1.807, 2.05) is 6.07 Å². The molecule has 2 heterocycles. The van der Waals surface area contributed by atoms with Crippen LogP contribution < -0.4 is 9.62 Å². The first-order chi connectivity index (χ1) is 14.4. The van der Waals surface area contributed by atoms with Crippen LogP contribution in [-0.2, 0) is 29.5 Å². The molecule has 2 aromatic carbocycles. The molecule has 0 aromatic heterocycles. The number of nitrogens with one attached hydrogen (secondary N) is 1. The predicted octanol–water partition coefficient (Wildman–Crippen LogP) is 2.92. The van der Waals surface area contributed by atoms with Gasteiger partial charge in [-0.15, -0.1) is 0 Å². The molecule has 0 radical (unpaired) electrons. The van der Waals surface area contributed by atoms with Crippen LogP contribution in [0.25, 0.3) is 0 Å². The van der Waals surface area contributed by atoms with Gasteiger partial charge in [0.1, 0.15) is 0 Å². The summed E-state index contributed by atoms with van der Waals surface area (Å²) in [5.41, 5.74) is 4.53. The zero-order chi connectivity index (χ0) is 21.1. The predicted molar refractivity (Wildman–Crippen MR) is 119 cm³/mol. The lowest BCUT2D eigenvalue weighted by molar-refractivity contribution is 0.0951. The standard InChI is InChI=1S/C23H29N3O3S/c1-30(28,29)26-14-4-5-20-15-21(10-11-22(20)26)23(27)24-16-18-6-8-19(9-7-18)17-25-12-2-3-13-25/h6-11,15H,2-5,12-14,16-17H2,1H3,(H,24,27). The van der Waals surface area contributed by atoms with Crippen LogP contribution in [0.4, 0.5) is 5.69 Å². The Balaban J connectivity index is 1.37. The molecule has 0 aliphatic carbocycles. The van der Waals surface area contributed by atoms with Gasteiger partial charge < -0.3 is 5.32 Å². The second kappa shape index (κ2) is 8.78. The number of benzene rings is 2. The largest absolute Gasteiger partial charge is 0.348 e. The second-order valence-electron chi connectivity index (χ2n) is 8.26. The van der Waals surface area contributed by atoms with Crippen molar-refractivity contribution in [2.75, 3.05) is 30.2 Å². The molecule has 0 saturated carbocycles. The summed E-state index contributed by atoms with van der Waals surface area (Å²) in [6, 6.07) is 13.7. The van der Waals surface area contributed by atoms with Crippen LogP contribution >= 0.6 is 0 Å². The quantitative estimate of drug-likeness (QED) is 0.770. The third-order valence-corrected chi connectivity index (χ3v) is 7.08. The van der Waals surface area contributed by atoms with Crippen LogP contribution in [0, 0.1) is 0 Å². The highest BCUT2D eigenvalue weighted by Gasteiger charge is 2.24. The fraction of sp³-hybridized carbons (Fsp3) is 0.435. The van der Waals surface area contributed by atoms with Crippen molar-refractivity contribution >= 4 is 21.6 Å². The van der Waals surface area contributed by atoms with Crippen molar-refractivity contribution in [3.05, 3.63) is 64.7 Å². The van der Waals surface area contributed by atoms with Gasteiger partial charge in [0.15, 0.2) is 0 Å². The molecule has 0 unspecified atom stereocenters. The van der Waals surface area contributed by atoms with Crippen molar-refractivity contribution in [3.63, 3.8) is 0 Å². The van der Waals surface area contributed by atoms with Crippen molar-refractivity contribution in [2.24, 2.45) is 0 Å². The Kier molecular flexibility index (Phi) is 6.11. The van der Waals surface area contributed by atoms with Crippen molar-refractivity contribution in [2.45, 2.75) is 38.8 Å². The molecule has 1 amide bonds. The molecule has 7 heteroatoms. The van der Waals surface area contributed by atoms with Gasteiger partial charge in [-0.25, -0.2) is 8.42 Å². The summed E-state index contributed by atoms with van der Waals surface area (Å²) in [5, 5.41) is 2.97. The summed E-state index contributed by atoms with van der Waals surface area (Å²) < 4.78 is 25.4. The van der Waals surface area contributed by atoms with Crippen molar-refractivity contribution in [1.29, 1.82) is 0 Å². The maximum absolute atomic E-state index is 12.6. The van der Waals surface area contributed by atoms with E-state index in [1.165, 1.54) is 42.1 Å². The fourth-order valence-corrected chi connectivity index (χ4v) is 5.29. The zero-order valence-electron chi connectivity index (χ0n) is 17.4. The van der Waals surface area contributed by atoms with Gasteiger partial charge in [-0.2, -0.15) is 0 Å². The number of carbonyl (C=O) groups excluding carboxylic acids is 1. The lowest BCUT2D eigenvalue weighted by atomic mass is 10.0. The molecule has 0 spiro atoms. The van der Waals surface area contributed by atoms with Gasteiger partial charge in [0.05, 0.1) is 11.9 Å². The first-order valence-electron chi connectivity index (χ1n) is 10.6. The van der Waals surface area contributed by atoms with Gasteiger partial charge in [0, 0.05) is 25.2 Å². The molecule has 0 atom stereocenters. The number of amides is 1. The van der Waals surface area contributed by atoms with E-state index < -0.39 is 10.0 Å². The highest BCUT2D eigenvalue weighted by Crippen LogP contribution is 2.29. The maximum Gasteiger partial charge on any atom is 0.251 e. The highest BCUT2D eigenvalue weighted by molar-refractivity contribution is 7.92. The highest BCUT2D eigenvalue weighted by atomic mass is 32.2. The molecule has 4 rings (SSSR count). The molecule has 2 aliphatic rings. The third kappa shape index (κ3) is 4.84.